The van der Waals surface area contributed by atoms with Gasteiger partial charge in [0.25, 0.3) is 0 Å². The van der Waals surface area contributed by atoms with Crippen LogP contribution in [0.25, 0.3) is 0 Å². The van der Waals surface area contributed by atoms with Crippen LogP contribution in [0.15, 0.2) is 0 Å². The molecule has 9 unspecified atom stereocenters. The predicted octanol–water partition coefficient (Wildman–Crippen LogP) is -0.938. The van der Waals surface area contributed by atoms with Crippen molar-refractivity contribution in [3.8, 4) is 0 Å². The number of nitrogens with two attached hydrogens (primary N) is 1. The molecule has 4 heterocycles. The molecule has 9 atom stereocenters. The molecule has 8 nitrogen and oxygen atoms in total. The third kappa shape index (κ3) is 3.98. The largest absolute Gasteiger partial charge is 0.342 e. The highest BCUT2D eigenvalue weighted by atomic mass is 32.2. The van der Waals surface area contributed by atoms with Gasteiger partial charge in [0.2, 0.25) is 5.91 Å². The first kappa shape index (κ1) is 19.8. The van der Waals surface area contributed by atoms with Crippen molar-refractivity contribution in [1.82, 2.24) is 31.1 Å². The first-order valence-corrected chi connectivity index (χ1v) is 10.9. The number of alkyl halides is 1. The summed E-state index contributed by atoms with van der Waals surface area (Å²) in [5, 5.41) is 11.6. The summed E-state index contributed by atoms with van der Waals surface area (Å²) in [7, 11) is 0. The Labute approximate surface area is 164 Å². The Hall–Kier alpha value is -0.490. The van der Waals surface area contributed by atoms with Crippen molar-refractivity contribution in [1.29, 1.82) is 0 Å². The number of hydrazine groups is 1. The number of rotatable bonds is 3. The molecule has 4 saturated heterocycles. The summed E-state index contributed by atoms with van der Waals surface area (Å²) in [6.07, 6.45) is 0.533. The number of piperidine rings is 1. The van der Waals surface area contributed by atoms with Crippen LogP contribution < -0.4 is 31.8 Å². The van der Waals surface area contributed by atoms with E-state index in [-0.39, 0.29) is 30.5 Å². The molecule has 0 aliphatic carbocycles. The summed E-state index contributed by atoms with van der Waals surface area (Å²) in [6, 6.07) is 0.863. The molecule has 0 aromatic rings. The normalized spacial score (nSPS) is 48.4. The maximum atomic E-state index is 13.6. The molecule has 0 aromatic carbocycles. The van der Waals surface area contributed by atoms with E-state index in [0.29, 0.717) is 23.9 Å². The zero-order valence-corrected chi connectivity index (χ0v) is 16.8. The molecule has 7 N–H and O–H groups in total. The zero-order chi connectivity index (χ0) is 19.1. The monoisotopic (exact) mass is 401 g/mol. The van der Waals surface area contributed by atoms with E-state index in [4.69, 9.17) is 5.73 Å². The van der Waals surface area contributed by atoms with Crippen LogP contribution in [-0.2, 0) is 4.79 Å². The van der Waals surface area contributed by atoms with Crippen LogP contribution >= 0.6 is 11.9 Å². The molecule has 27 heavy (non-hydrogen) atoms. The fraction of sp³-hybridized carbons (Fsp3) is 0.941. The van der Waals surface area contributed by atoms with Crippen molar-refractivity contribution in [3.05, 3.63) is 0 Å². The van der Waals surface area contributed by atoms with Gasteiger partial charge in [0.15, 0.2) is 0 Å². The topological polar surface area (TPSA) is 106 Å². The molecular weight excluding hydrogens is 369 g/mol. The average molecular weight is 402 g/mol. The van der Waals surface area contributed by atoms with Gasteiger partial charge in [-0.05, 0) is 39.2 Å². The highest BCUT2D eigenvalue weighted by Gasteiger charge is 2.49. The number of nitrogens with one attached hydrogen (secondary N) is 5. The Kier molecular flexibility index (Phi) is 5.94. The minimum absolute atomic E-state index is 0.0292. The lowest BCUT2D eigenvalue weighted by Gasteiger charge is -2.37. The highest BCUT2D eigenvalue weighted by Crippen LogP contribution is 2.38. The molecule has 4 rings (SSSR count). The van der Waals surface area contributed by atoms with Crippen LogP contribution in [0.4, 0.5) is 4.39 Å². The van der Waals surface area contributed by atoms with E-state index >= 15 is 0 Å². The first-order valence-electron chi connectivity index (χ1n) is 10.0. The van der Waals surface area contributed by atoms with Crippen molar-refractivity contribution in [2.75, 3.05) is 19.6 Å². The fourth-order valence-corrected chi connectivity index (χ4v) is 6.42. The van der Waals surface area contributed by atoms with Gasteiger partial charge >= 0.3 is 0 Å². The van der Waals surface area contributed by atoms with Gasteiger partial charge in [0, 0.05) is 31.1 Å². The standard InChI is InChI=1S/C17H32FN7OS/c1-8-5-10(3-4-20-8)12-9(2)24-27-17(12)22-16(26)13-14(19)23-25-7-11(18)6-21-15(13)25/h8-15,17,20-21,23-24H,3-7,19H2,1-2H3,(H,22,26). The number of amides is 1. The van der Waals surface area contributed by atoms with E-state index in [1.165, 1.54) is 0 Å². The van der Waals surface area contributed by atoms with E-state index in [1.807, 2.05) is 0 Å². The van der Waals surface area contributed by atoms with Gasteiger partial charge in [0.1, 0.15) is 6.17 Å². The molecule has 1 amide bonds. The van der Waals surface area contributed by atoms with E-state index in [2.05, 4.69) is 39.9 Å². The summed E-state index contributed by atoms with van der Waals surface area (Å²) in [5.74, 6) is 0.463. The summed E-state index contributed by atoms with van der Waals surface area (Å²) in [6.45, 7) is 5.96. The Balaban J connectivity index is 1.42. The maximum Gasteiger partial charge on any atom is 0.230 e. The number of fused-ring (bicyclic) bond motifs is 1. The van der Waals surface area contributed by atoms with Gasteiger partial charge in [0.05, 0.1) is 23.6 Å². The van der Waals surface area contributed by atoms with E-state index in [9.17, 15) is 9.18 Å². The molecule has 4 aliphatic rings. The molecule has 4 aliphatic heterocycles. The quantitative estimate of drug-likeness (QED) is 0.337. The predicted molar refractivity (Wildman–Crippen MR) is 104 cm³/mol. The van der Waals surface area contributed by atoms with Gasteiger partial charge in [-0.25, -0.2) is 14.8 Å². The van der Waals surface area contributed by atoms with E-state index in [0.717, 1.165) is 19.4 Å². The summed E-state index contributed by atoms with van der Waals surface area (Å²) < 4.78 is 17.1. The van der Waals surface area contributed by atoms with Crippen molar-refractivity contribution < 1.29 is 9.18 Å². The van der Waals surface area contributed by atoms with Crippen LogP contribution in [0.5, 0.6) is 0 Å². The second kappa shape index (κ2) is 8.10. The van der Waals surface area contributed by atoms with Crippen molar-refractivity contribution in [3.63, 3.8) is 0 Å². The number of hydrogen-bond acceptors (Lipinski definition) is 8. The number of carbonyl (C=O) groups is 1. The Morgan fingerprint density at radius 1 is 1.33 bits per heavy atom. The first-order chi connectivity index (χ1) is 12.9. The minimum Gasteiger partial charge on any atom is -0.342 e. The molecular formula is C17H32FN7OS. The maximum absolute atomic E-state index is 13.6. The Morgan fingerprint density at radius 2 is 2.15 bits per heavy atom. The fourth-order valence-electron chi connectivity index (χ4n) is 5.12. The van der Waals surface area contributed by atoms with Crippen LogP contribution in [0.3, 0.4) is 0 Å². The second-order valence-corrected chi connectivity index (χ2v) is 9.43. The van der Waals surface area contributed by atoms with Gasteiger partial charge in [-0.1, -0.05) is 11.9 Å². The van der Waals surface area contributed by atoms with Crippen molar-refractivity contribution >= 4 is 17.9 Å². The summed E-state index contributed by atoms with van der Waals surface area (Å²) in [5.41, 5.74) is 9.22. The van der Waals surface area contributed by atoms with Gasteiger partial charge in [-0.15, -0.1) is 0 Å². The number of nitrogens with zero attached hydrogens (tertiary/aromatic N) is 1. The number of carbonyl (C=O) groups excluding carboxylic acids is 1. The summed E-state index contributed by atoms with van der Waals surface area (Å²) >= 11 is 1.61. The molecule has 0 aromatic heterocycles. The van der Waals surface area contributed by atoms with E-state index in [1.54, 1.807) is 17.0 Å². The average Bonchev–Trinajstić information content (AvgIpc) is 3.13. The van der Waals surface area contributed by atoms with Gasteiger partial charge in [-0.3, -0.25) is 14.8 Å². The molecule has 0 radical (unpaired) electrons. The number of halogens is 1. The molecule has 10 heteroatoms. The third-order valence-corrected chi connectivity index (χ3v) is 7.62. The van der Waals surface area contributed by atoms with Crippen molar-refractivity contribution in [2.24, 2.45) is 23.5 Å². The second-order valence-electron chi connectivity index (χ2n) is 8.45. The molecule has 0 bridgehead atoms. The molecule has 4 fully saturated rings. The zero-order valence-electron chi connectivity index (χ0n) is 16.0. The molecule has 0 saturated carbocycles. The van der Waals surface area contributed by atoms with Crippen LogP contribution in [-0.4, -0.2) is 66.5 Å². The van der Waals surface area contributed by atoms with Gasteiger partial charge < -0.3 is 16.4 Å². The lowest BCUT2D eigenvalue weighted by Crippen LogP contribution is -2.59. The highest BCUT2D eigenvalue weighted by molar-refractivity contribution is 7.98. The van der Waals surface area contributed by atoms with E-state index < -0.39 is 18.3 Å². The van der Waals surface area contributed by atoms with Crippen LogP contribution in [0.2, 0.25) is 0 Å². The Bertz CT molecular complexity index is 557. The van der Waals surface area contributed by atoms with Gasteiger partial charge in [-0.2, -0.15) is 0 Å². The minimum atomic E-state index is -0.954. The molecule has 0 spiro atoms. The van der Waals surface area contributed by atoms with Crippen LogP contribution in [0, 0.1) is 17.8 Å². The number of hydrogen-bond donors (Lipinski definition) is 6. The smallest absolute Gasteiger partial charge is 0.230 e. The summed E-state index contributed by atoms with van der Waals surface area (Å²) in [4.78, 5) is 13.1. The SMILES string of the molecule is CC1CC(C2C(C)NSC2NC(=O)C2C(N)NN3CC(F)CNC23)CCN1. The van der Waals surface area contributed by atoms with Crippen LogP contribution in [0.1, 0.15) is 26.7 Å². The Morgan fingerprint density at radius 3 is 2.93 bits per heavy atom. The third-order valence-electron chi connectivity index (χ3n) is 6.42. The lowest BCUT2D eigenvalue weighted by atomic mass is 9.78. The van der Waals surface area contributed by atoms with Crippen molar-refractivity contribution in [2.45, 2.75) is 62.6 Å². The lowest BCUT2D eigenvalue weighted by molar-refractivity contribution is -0.127. The molecule has 154 valence electrons.